The van der Waals surface area contributed by atoms with Crippen LogP contribution >= 0.6 is 0 Å². The van der Waals surface area contributed by atoms with Crippen LogP contribution in [0.15, 0.2) is 24.3 Å². The Hall–Kier alpha value is -1.55. The van der Waals surface area contributed by atoms with Gasteiger partial charge in [0.15, 0.2) is 0 Å². The number of hydrogen-bond acceptors (Lipinski definition) is 3. The summed E-state index contributed by atoms with van der Waals surface area (Å²) in [4.78, 5) is 14.4. The monoisotopic (exact) mass is 303 g/mol. The molecule has 0 unspecified atom stereocenters. The summed E-state index contributed by atoms with van der Waals surface area (Å²) in [7, 11) is 0. The molecule has 0 heterocycles. The van der Waals surface area contributed by atoms with Crippen LogP contribution in [0.25, 0.3) is 0 Å². The number of rotatable bonds is 6. The summed E-state index contributed by atoms with van der Waals surface area (Å²) in [6.45, 7) is 0.428. The van der Waals surface area contributed by atoms with Crippen molar-refractivity contribution in [2.75, 3.05) is 13.2 Å². The van der Waals surface area contributed by atoms with Gasteiger partial charge in [-0.2, -0.15) is 0 Å². The second kappa shape index (κ2) is 7.14. The number of ether oxygens (including phenoxy) is 1. The molecule has 0 atom stereocenters. The summed E-state index contributed by atoms with van der Waals surface area (Å²) in [5.74, 6) is 0.795. The zero-order valence-electron chi connectivity index (χ0n) is 13.0. The Bertz CT molecular complexity index is 507. The van der Waals surface area contributed by atoms with Crippen molar-refractivity contribution in [1.82, 2.24) is 4.90 Å². The summed E-state index contributed by atoms with van der Waals surface area (Å²) >= 11 is 0. The average Bonchev–Trinajstić information content (AvgIpc) is 3.38. The van der Waals surface area contributed by atoms with Crippen LogP contribution in [0.1, 0.15) is 55.3 Å². The van der Waals surface area contributed by atoms with Gasteiger partial charge in [0.05, 0.1) is 12.7 Å². The molecule has 0 bridgehead atoms. The molecule has 0 spiro atoms. The molecule has 0 saturated heterocycles. The fourth-order valence-corrected chi connectivity index (χ4v) is 3.19. The smallest absolute Gasteiger partial charge is 0.254 e. The first-order valence-corrected chi connectivity index (χ1v) is 8.46. The summed E-state index contributed by atoms with van der Waals surface area (Å²) in [5, 5.41) is 9.16. The van der Waals surface area contributed by atoms with E-state index < -0.39 is 0 Å². The number of carbonyl (C=O) groups excluding carboxylic acids is 1. The summed E-state index contributed by atoms with van der Waals surface area (Å²) in [6.07, 6.45) is 8.36. The minimum atomic E-state index is 0.00523. The maximum atomic E-state index is 12.6. The minimum Gasteiger partial charge on any atom is -0.490 e. The number of carbonyl (C=O) groups is 1. The molecular formula is C18H25NO3. The fraction of sp³-hybridized carbons (Fsp3) is 0.611. The van der Waals surface area contributed by atoms with Gasteiger partial charge in [0.1, 0.15) is 5.75 Å². The fourth-order valence-electron chi connectivity index (χ4n) is 3.19. The zero-order valence-corrected chi connectivity index (χ0v) is 13.0. The van der Waals surface area contributed by atoms with Gasteiger partial charge in [0.25, 0.3) is 5.91 Å². The first kappa shape index (κ1) is 15.3. The highest BCUT2D eigenvalue weighted by atomic mass is 16.5. The maximum Gasteiger partial charge on any atom is 0.254 e. The average molecular weight is 303 g/mol. The van der Waals surface area contributed by atoms with Crippen LogP contribution in [0.3, 0.4) is 0 Å². The molecule has 3 rings (SSSR count). The van der Waals surface area contributed by atoms with Crippen molar-refractivity contribution in [3.8, 4) is 5.75 Å². The number of aliphatic hydroxyl groups is 1. The summed E-state index contributed by atoms with van der Waals surface area (Å²) in [5.41, 5.74) is 0.661. The molecule has 2 saturated carbocycles. The number of amides is 1. The van der Waals surface area contributed by atoms with Gasteiger partial charge in [0, 0.05) is 18.2 Å². The molecule has 120 valence electrons. The predicted octanol–water partition coefficient (Wildman–Crippen LogP) is 3.00. The molecule has 22 heavy (non-hydrogen) atoms. The zero-order chi connectivity index (χ0) is 15.4. The van der Waals surface area contributed by atoms with Crippen molar-refractivity contribution >= 4 is 5.91 Å². The predicted molar refractivity (Wildman–Crippen MR) is 85.1 cm³/mol. The Morgan fingerprint density at radius 3 is 2.64 bits per heavy atom. The van der Waals surface area contributed by atoms with Crippen LogP contribution in [0.4, 0.5) is 0 Å². The van der Waals surface area contributed by atoms with E-state index in [0.717, 1.165) is 31.4 Å². The maximum absolute atomic E-state index is 12.6. The second-order valence-corrected chi connectivity index (χ2v) is 6.36. The number of aliphatic hydroxyl groups excluding tert-OH is 1. The Labute approximate surface area is 132 Å². The third-order valence-corrected chi connectivity index (χ3v) is 4.53. The Kier molecular flexibility index (Phi) is 4.98. The van der Waals surface area contributed by atoms with Crippen molar-refractivity contribution < 1.29 is 14.6 Å². The Balaban J connectivity index is 1.68. The van der Waals surface area contributed by atoms with Gasteiger partial charge in [-0.15, -0.1) is 0 Å². The first-order valence-electron chi connectivity index (χ1n) is 8.46. The largest absolute Gasteiger partial charge is 0.490 e. The normalized spacial score (nSPS) is 19.0. The topological polar surface area (TPSA) is 49.8 Å². The Morgan fingerprint density at radius 2 is 1.95 bits per heavy atom. The van der Waals surface area contributed by atoms with Crippen LogP contribution in [0.2, 0.25) is 0 Å². The molecular weight excluding hydrogens is 278 g/mol. The van der Waals surface area contributed by atoms with Gasteiger partial charge in [-0.3, -0.25) is 4.79 Å². The van der Waals surface area contributed by atoms with Crippen LogP contribution in [-0.2, 0) is 0 Å². The SMILES string of the molecule is O=C(c1cccc(OC2CCCCC2)c1)N(CCO)C1CC1. The quantitative estimate of drug-likeness (QED) is 0.879. The van der Waals surface area contributed by atoms with Crippen molar-refractivity contribution in [1.29, 1.82) is 0 Å². The lowest BCUT2D eigenvalue weighted by Gasteiger charge is -2.24. The molecule has 4 nitrogen and oxygen atoms in total. The van der Waals surface area contributed by atoms with Gasteiger partial charge in [-0.05, 0) is 56.7 Å². The third kappa shape index (κ3) is 3.80. The van der Waals surface area contributed by atoms with Crippen molar-refractivity contribution in [3.05, 3.63) is 29.8 Å². The third-order valence-electron chi connectivity index (χ3n) is 4.53. The summed E-state index contributed by atoms with van der Waals surface area (Å²) in [6, 6.07) is 7.81. The van der Waals surface area contributed by atoms with Gasteiger partial charge in [0.2, 0.25) is 0 Å². The van der Waals surface area contributed by atoms with E-state index in [1.807, 2.05) is 24.3 Å². The van der Waals surface area contributed by atoms with Gasteiger partial charge < -0.3 is 14.7 Å². The van der Waals surface area contributed by atoms with Gasteiger partial charge in [-0.25, -0.2) is 0 Å². The molecule has 4 heteroatoms. The lowest BCUT2D eigenvalue weighted by atomic mass is 9.98. The molecule has 0 aromatic heterocycles. The summed E-state index contributed by atoms with van der Waals surface area (Å²) < 4.78 is 6.04. The molecule has 2 aliphatic carbocycles. The number of hydrogen-bond donors (Lipinski definition) is 1. The van der Waals surface area contributed by atoms with E-state index >= 15 is 0 Å². The van der Waals surface area contributed by atoms with Gasteiger partial charge >= 0.3 is 0 Å². The highest BCUT2D eigenvalue weighted by molar-refractivity contribution is 5.95. The minimum absolute atomic E-state index is 0.00523. The van der Waals surface area contributed by atoms with E-state index in [0.29, 0.717) is 18.2 Å². The highest BCUT2D eigenvalue weighted by Crippen LogP contribution is 2.29. The van der Waals surface area contributed by atoms with E-state index in [-0.39, 0.29) is 18.6 Å². The molecule has 1 aromatic rings. The van der Waals surface area contributed by atoms with Crippen molar-refractivity contribution in [2.24, 2.45) is 0 Å². The van der Waals surface area contributed by atoms with Gasteiger partial charge in [-0.1, -0.05) is 12.5 Å². The van der Waals surface area contributed by atoms with Crippen molar-refractivity contribution in [3.63, 3.8) is 0 Å². The second-order valence-electron chi connectivity index (χ2n) is 6.36. The number of benzene rings is 1. The standard InChI is InChI=1S/C18H25NO3/c20-12-11-19(15-9-10-15)18(21)14-5-4-8-17(13-14)22-16-6-2-1-3-7-16/h4-5,8,13,15-16,20H,1-3,6-7,9-12H2. The van der Waals surface area contributed by atoms with E-state index in [9.17, 15) is 4.79 Å². The molecule has 2 aliphatic rings. The van der Waals surface area contributed by atoms with E-state index in [2.05, 4.69) is 0 Å². The highest BCUT2D eigenvalue weighted by Gasteiger charge is 2.32. The molecule has 0 radical (unpaired) electrons. The first-order chi connectivity index (χ1) is 10.8. The molecule has 1 aromatic carbocycles. The molecule has 2 fully saturated rings. The van der Waals surface area contributed by atoms with Crippen LogP contribution < -0.4 is 4.74 Å². The lowest BCUT2D eigenvalue weighted by molar-refractivity contribution is 0.0706. The van der Waals surface area contributed by atoms with Crippen molar-refractivity contribution in [2.45, 2.75) is 57.1 Å². The van der Waals surface area contributed by atoms with Crippen LogP contribution in [0, 0.1) is 0 Å². The lowest BCUT2D eigenvalue weighted by Crippen LogP contribution is -2.35. The molecule has 1 N–H and O–H groups in total. The molecule has 0 aliphatic heterocycles. The van der Waals surface area contributed by atoms with E-state index in [1.54, 1.807) is 4.90 Å². The van der Waals surface area contributed by atoms with E-state index in [4.69, 9.17) is 9.84 Å². The number of nitrogens with zero attached hydrogens (tertiary/aromatic N) is 1. The van der Waals surface area contributed by atoms with Crippen LogP contribution in [-0.4, -0.2) is 41.2 Å². The molecule has 1 amide bonds. The van der Waals surface area contributed by atoms with E-state index in [1.165, 1.54) is 19.3 Å². The van der Waals surface area contributed by atoms with Crippen LogP contribution in [0.5, 0.6) is 5.75 Å². The Morgan fingerprint density at radius 1 is 1.18 bits per heavy atom.